The number of hydrogen-bond donors (Lipinski definition) is 1. The van der Waals surface area contributed by atoms with Gasteiger partial charge >= 0.3 is 0 Å². The van der Waals surface area contributed by atoms with E-state index in [1.807, 2.05) is 20.8 Å². The summed E-state index contributed by atoms with van der Waals surface area (Å²) in [6, 6.07) is 0. The zero-order valence-electron chi connectivity index (χ0n) is 11.8. The number of ether oxygens (including phenoxy) is 2. The van der Waals surface area contributed by atoms with Gasteiger partial charge in [0.1, 0.15) is 0 Å². The molecule has 1 aliphatic heterocycles. The third-order valence-corrected chi connectivity index (χ3v) is 3.31. The van der Waals surface area contributed by atoms with Gasteiger partial charge in [-0.25, -0.2) is 0 Å². The summed E-state index contributed by atoms with van der Waals surface area (Å²) in [5.41, 5.74) is 4.42. The molecule has 0 aromatic rings. The largest absolute Gasteiger partial charge is 0.347 e. The molecule has 0 atom stereocenters. The second kappa shape index (κ2) is 7.04. The highest BCUT2D eigenvalue weighted by molar-refractivity contribution is 7.81. The first-order chi connectivity index (χ1) is 8.41. The van der Waals surface area contributed by atoms with E-state index in [-0.39, 0.29) is 11.5 Å². The lowest BCUT2D eigenvalue weighted by atomic mass is 10.1. The molecule has 18 heavy (non-hydrogen) atoms. The average Bonchev–Trinajstić information content (AvgIpc) is 2.35. The topological polar surface area (TPSA) is 18.5 Å². The Morgan fingerprint density at radius 1 is 0.944 bits per heavy atom. The van der Waals surface area contributed by atoms with Gasteiger partial charge in [0, 0.05) is 10.8 Å². The van der Waals surface area contributed by atoms with Crippen LogP contribution >= 0.6 is 12.6 Å². The summed E-state index contributed by atoms with van der Waals surface area (Å²) < 4.78 is 11.2. The maximum Gasteiger partial charge on any atom is 0.180 e. The van der Waals surface area contributed by atoms with Gasteiger partial charge in [0.05, 0.1) is 13.2 Å². The molecule has 1 heterocycles. The number of hydrogen-bond acceptors (Lipinski definition) is 3. The fraction of sp³-hybridized carbons (Fsp3) is 0.600. The van der Waals surface area contributed by atoms with Crippen molar-refractivity contribution in [3.05, 3.63) is 22.3 Å². The number of allylic oxidation sites excluding steroid dienone is 3. The Morgan fingerprint density at radius 2 is 1.44 bits per heavy atom. The first-order valence-electron chi connectivity index (χ1n) is 6.16. The third-order valence-electron chi connectivity index (χ3n) is 3.01. The molecule has 0 unspecified atom stereocenters. The van der Waals surface area contributed by atoms with Crippen LogP contribution in [0.5, 0.6) is 0 Å². The predicted molar refractivity (Wildman–Crippen MR) is 78.7 cm³/mol. The second-order valence-electron chi connectivity index (χ2n) is 4.84. The molecular weight excluding hydrogens is 244 g/mol. The first-order valence-corrected chi connectivity index (χ1v) is 6.68. The molecule has 0 aromatic carbocycles. The molecule has 0 bridgehead atoms. The molecule has 1 aliphatic rings. The van der Waals surface area contributed by atoms with Crippen molar-refractivity contribution in [2.75, 3.05) is 13.2 Å². The Balaban J connectivity index is 2.76. The summed E-state index contributed by atoms with van der Waals surface area (Å²) >= 11 is 4.31. The maximum absolute atomic E-state index is 5.59. The summed E-state index contributed by atoms with van der Waals surface area (Å²) in [6.07, 6.45) is -0.269. The van der Waals surface area contributed by atoms with Crippen molar-refractivity contribution in [3.63, 3.8) is 0 Å². The molecule has 0 amide bonds. The lowest BCUT2D eigenvalue weighted by molar-refractivity contribution is -0.152. The lowest BCUT2D eigenvalue weighted by Gasteiger charge is -2.27. The summed E-state index contributed by atoms with van der Waals surface area (Å²) in [5.74, 6) is 6.32. The van der Waals surface area contributed by atoms with Gasteiger partial charge in [0.15, 0.2) is 6.29 Å². The Bertz CT molecular complexity index is 412. The minimum absolute atomic E-state index is 0.174. The quantitative estimate of drug-likeness (QED) is 0.579. The molecule has 1 rings (SSSR count). The van der Waals surface area contributed by atoms with Crippen LogP contribution in [0.3, 0.4) is 0 Å². The third kappa shape index (κ3) is 4.53. The van der Waals surface area contributed by atoms with Crippen LogP contribution in [-0.4, -0.2) is 24.8 Å². The van der Waals surface area contributed by atoms with E-state index >= 15 is 0 Å². The highest BCUT2D eigenvalue weighted by Crippen LogP contribution is 2.18. The van der Waals surface area contributed by atoms with Gasteiger partial charge in [-0.05, 0) is 45.8 Å². The Labute approximate surface area is 116 Å². The van der Waals surface area contributed by atoms with E-state index in [2.05, 4.69) is 38.3 Å². The molecule has 100 valence electrons. The lowest BCUT2D eigenvalue weighted by Crippen LogP contribution is -2.33. The van der Waals surface area contributed by atoms with Crippen LogP contribution in [0.2, 0.25) is 0 Å². The van der Waals surface area contributed by atoms with Gasteiger partial charge < -0.3 is 9.47 Å². The van der Waals surface area contributed by atoms with Gasteiger partial charge in [-0.1, -0.05) is 17.4 Å². The molecule has 0 radical (unpaired) electrons. The first kappa shape index (κ1) is 15.4. The van der Waals surface area contributed by atoms with Crippen LogP contribution in [0, 0.1) is 11.8 Å². The van der Waals surface area contributed by atoms with E-state index in [0.29, 0.717) is 13.2 Å². The van der Waals surface area contributed by atoms with Crippen molar-refractivity contribution in [1.29, 1.82) is 0 Å². The highest BCUT2D eigenvalue weighted by Gasteiger charge is 2.21. The predicted octanol–water partition coefficient (Wildman–Crippen LogP) is 3.35. The summed E-state index contributed by atoms with van der Waals surface area (Å²) in [4.78, 5) is 0. The van der Waals surface area contributed by atoms with Gasteiger partial charge in [-0.2, -0.15) is 12.6 Å². The maximum atomic E-state index is 5.59. The van der Waals surface area contributed by atoms with Crippen molar-refractivity contribution in [3.8, 4) is 11.8 Å². The second-order valence-corrected chi connectivity index (χ2v) is 5.57. The molecule has 0 N–H and O–H groups in total. The van der Waals surface area contributed by atoms with Gasteiger partial charge in [-0.15, -0.1) is 0 Å². The van der Waals surface area contributed by atoms with Crippen LogP contribution in [-0.2, 0) is 9.47 Å². The molecule has 0 aromatic heterocycles. The van der Waals surface area contributed by atoms with Crippen molar-refractivity contribution in [1.82, 2.24) is 0 Å². The zero-order chi connectivity index (χ0) is 13.7. The van der Waals surface area contributed by atoms with Gasteiger partial charge in [0.2, 0.25) is 0 Å². The van der Waals surface area contributed by atoms with E-state index in [1.54, 1.807) is 0 Å². The molecule has 1 fully saturated rings. The van der Waals surface area contributed by atoms with Crippen molar-refractivity contribution >= 4 is 12.6 Å². The fourth-order valence-corrected chi connectivity index (χ4v) is 1.50. The SMILES string of the molecule is CC(C)=C(C)C#CC(C)=C(C)C1OCC(S)CO1. The molecule has 1 saturated heterocycles. The Morgan fingerprint density at radius 3 is 1.94 bits per heavy atom. The van der Waals surface area contributed by atoms with Crippen LogP contribution in [0.25, 0.3) is 0 Å². The number of thiol groups is 1. The number of rotatable bonds is 1. The van der Waals surface area contributed by atoms with E-state index in [0.717, 1.165) is 16.7 Å². The summed E-state index contributed by atoms with van der Waals surface area (Å²) in [6.45, 7) is 11.4. The van der Waals surface area contributed by atoms with Crippen molar-refractivity contribution in [2.24, 2.45) is 0 Å². The fourth-order valence-electron chi connectivity index (χ4n) is 1.33. The van der Waals surface area contributed by atoms with Gasteiger partial charge in [-0.3, -0.25) is 0 Å². The molecule has 0 spiro atoms. The van der Waals surface area contributed by atoms with E-state index < -0.39 is 0 Å². The monoisotopic (exact) mass is 266 g/mol. The molecule has 0 saturated carbocycles. The van der Waals surface area contributed by atoms with Crippen LogP contribution in [0.4, 0.5) is 0 Å². The minimum atomic E-state index is -0.269. The van der Waals surface area contributed by atoms with Crippen LogP contribution < -0.4 is 0 Å². The van der Waals surface area contributed by atoms with E-state index in [4.69, 9.17) is 9.47 Å². The van der Waals surface area contributed by atoms with E-state index in [1.165, 1.54) is 5.57 Å². The molecular formula is C15H22O2S. The Kier molecular flexibility index (Phi) is 6.01. The zero-order valence-corrected chi connectivity index (χ0v) is 12.7. The standard InChI is InChI=1S/C15H22O2S/c1-10(2)11(3)6-7-12(4)13(5)15-16-8-14(18)9-17-15/h14-15,18H,8-9H2,1-5H3. The van der Waals surface area contributed by atoms with Crippen molar-refractivity contribution in [2.45, 2.75) is 46.2 Å². The smallest absolute Gasteiger partial charge is 0.180 e. The van der Waals surface area contributed by atoms with E-state index in [9.17, 15) is 0 Å². The highest BCUT2D eigenvalue weighted by atomic mass is 32.1. The van der Waals surface area contributed by atoms with Crippen LogP contribution in [0.1, 0.15) is 34.6 Å². The normalized spacial score (nSPS) is 24.8. The molecule has 3 heteroatoms. The Hall–Kier alpha value is -0.690. The molecule has 2 nitrogen and oxygen atoms in total. The summed E-state index contributed by atoms with van der Waals surface area (Å²) in [7, 11) is 0. The average molecular weight is 266 g/mol. The summed E-state index contributed by atoms with van der Waals surface area (Å²) in [5, 5.41) is 0.174. The van der Waals surface area contributed by atoms with Crippen molar-refractivity contribution < 1.29 is 9.47 Å². The molecule has 0 aliphatic carbocycles. The van der Waals surface area contributed by atoms with Gasteiger partial charge in [0.25, 0.3) is 0 Å². The minimum Gasteiger partial charge on any atom is -0.347 e. The van der Waals surface area contributed by atoms with Crippen LogP contribution in [0.15, 0.2) is 22.3 Å².